The largest absolute Gasteiger partial charge is 0.345 e. The van der Waals surface area contributed by atoms with Crippen LogP contribution in [0.3, 0.4) is 0 Å². The average Bonchev–Trinajstić information content (AvgIpc) is 3.17. The van der Waals surface area contributed by atoms with Crippen LogP contribution in [0.5, 0.6) is 0 Å². The minimum atomic E-state index is 0.202. The molecule has 0 atom stereocenters. The van der Waals surface area contributed by atoms with Gasteiger partial charge in [0.1, 0.15) is 0 Å². The van der Waals surface area contributed by atoms with Crippen molar-refractivity contribution in [3.8, 4) is 0 Å². The summed E-state index contributed by atoms with van der Waals surface area (Å²) in [6.45, 7) is 3.13. The van der Waals surface area contributed by atoms with Crippen molar-refractivity contribution in [3.63, 3.8) is 0 Å². The molecule has 0 radical (unpaired) electrons. The number of hydrogen-bond acceptors (Lipinski definition) is 4. The van der Waals surface area contributed by atoms with E-state index >= 15 is 0 Å². The number of piperazine rings is 1. The van der Waals surface area contributed by atoms with Crippen molar-refractivity contribution in [1.82, 2.24) is 9.88 Å². The summed E-state index contributed by atoms with van der Waals surface area (Å²) in [6, 6.07) is 20.7. The first-order valence-electron chi connectivity index (χ1n) is 9.72. The molecule has 6 heteroatoms. The molecule has 3 aromatic carbocycles. The second-order valence-corrected chi connectivity index (χ2v) is 9.26. The zero-order valence-corrected chi connectivity index (χ0v) is 18.2. The maximum atomic E-state index is 12.8. The van der Waals surface area contributed by atoms with E-state index < -0.39 is 0 Å². The van der Waals surface area contributed by atoms with Gasteiger partial charge in [0.25, 0.3) is 0 Å². The van der Waals surface area contributed by atoms with Gasteiger partial charge in [-0.05, 0) is 34.5 Å². The minimum absolute atomic E-state index is 0.202. The number of amides is 1. The van der Waals surface area contributed by atoms with Crippen molar-refractivity contribution < 1.29 is 4.79 Å². The topological polar surface area (TPSA) is 36.4 Å². The lowest BCUT2D eigenvalue weighted by Crippen LogP contribution is -2.49. The molecule has 1 aliphatic heterocycles. The summed E-state index contributed by atoms with van der Waals surface area (Å²) in [7, 11) is 0. The van der Waals surface area contributed by atoms with Gasteiger partial charge < -0.3 is 9.80 Å². The molecule has 1 amide bonds. The van der Waals surface area contributed by atoms with E-state index in [1.807, 2.05) is 29.2 Å². The van der Waals surface area contributed by atoms with E-state index in [0.717, 1.165) is 46.9 Å². The number of hydrogen-bond donors (Lipinski definition) is 0. The third-order valence-electron chi connectivity index (χ3n) is 5.41. The van der Waals surface area contributed by atoms with Crippen molar-refractivity contribution in [2.75, 3.05) is 31.1 Å². The van der Waals surface area contributed by atoms with Crippen LogP contribution in [-0.4, -0.2) is 42.0 Å². The summed E-state index contributed by atoms with van der Waals surface area (Å²) < 4.78 is 2.26. The van der Waals surface area contributed by atoms with Crippen molar-refractivity contribution in [3.05, 3.63) is 70.7 Å². The van der Waals surface area contributed by atoms with Gasteiger partial charge in [0.2, 0.25) is 5.91 Å². The van der Waals surface area contributed by atoms with Gasteiger partial charge in [-0.2, -0.15) is 0 Å². The molecular formula is C23H20BrN3OS. The first-order valence-corrected chi connectivity index (χ1v) is 11.3. The van der Waals surface area contributed by atoms with Crippen molar-refractivity contribution in [2.45, 2.75) is 6.42 Å². The van der Waals surface area contributed by atoms with Crippen LogP contribution in [0.1, 0.15) is 5.56 Å². The van der Waals surface area contributed by atoms with Gasteiger partial charge in [0.05, 0.1) is 16.6 Å². The number of rotatable bonds is 3. The second kappa shape index (κ2) is 7.76. The molecule has 1 aromatic heterocycles. The summed E-state index contributed by atoms with van der Waals surface area (Å²) in [6.07, 6.45) is 0.458. The normalized spacial score (nSPS) is 14.7. The van der Waals surface area contributed by atoms with Gasteiger partial charge in [-0.3, -0.25) is 4.79 Å². The Hall–Kier alpha value is -2.44. The maximum absolute atomic E-state index is 12.8. The summed E-state index contributed by atoms with van der Waals surface area (Å²) in [5, 5.41) is 3.44. The molecule has 4 nitrogen and oxygen atoms in total. The molecule has 1 aliphatic rings. The Morgan fingerprint density at radius 1 is 0.966 bits per heavy atom. The van der Waals surface area contributed by atoms with Crippen LogP contribution in [0.4, 0.5) is 5.13 Å². The fraction of sp³-hybridized carbons (Fsp3) is 0.217. The fourth-order valence-electron chi connectivity index (χ4n) is 3.80. The predicted octanol–water partition coefficient (Wildman–Crippen LogP) is 5.10. The van der Waals surface area contributed by atoms with E-state index in [1.165, 1.54) is 15.5 Å². The van der Waals surface area contributed by atoms with Crippen LogP contribution in [0.2, 0.25) is 0 Å². The molecule has 0 bridgehead atoms. The Bertz CT molecular complexity index is 1200. The van der Waals surface area contributed by atoms with Crippen LogP contribution >= 0.6 is 27.3 Å². The molecule has 146 valence electrons. The highest BCUT2D eigenvalue weighted by atomic mass is 79.9. The van der Waals surface area contributed by atoms with Crippen molar-refractivity contribution in [1.29, 1.82) is 0 Å². The number of thiazole rings is 1. The standard InChI is InChI=1S/C23H20BrN3OS/c24-19-7-8-20-21(15-19)29-23(25-20)27-11-9-26(10-12-27)22(28)14-16-5-6-17-3-1-2-4-18(17)13-16/h1-8,13,15H,9-12,14H2. The predicted molar refractivity (Wildman–Crippen MR) is 124 cm³/mol. The van der Waals surface area contributed by atoms with Crippen molar-refractivity contribution >= 4 is 59.3 Å². The molecule has 0 N–H and O–H groups in total. The molecule has 0 aliphatic carbocycles. The average molecular weight is 466 g/mol. The third-order valence-corrected chi connectivity index (χ3v) is 6.98. The number of nitrogens with zero attached hydrogens (tertiary/aromatic N) is 3. The lowest BCUT2D eigenvalue weighted by Gasteiger charge is -2.34. The smallest absolute Gasteiger partial charge is 0.227 e. The third kappa shape index (κ3) is 3.87. The summed E-state index contributed by atoms with van der Waals surface area (Å²) in [5.41, 5.74) is 2.11. The van der Waals surface area contributed by atoms with E-state index in [2.05, 4.69) is 57.2 Å². The van der Waals surface area contributed by atoms with E-state index in [4.69, 9.17) is 4.98 Å². The molecule has 0 saturated carbocycles. The molecule has 0 unspecified atom stereocenters. The van der Waals surface area contributed by atoms with Gasteiger partial charge in [0, 0.05) is 30.7 Å². The van der Waals surface area contributed by atoms with Crippen LogP contribution in [0, 0.1) is 0 Å². The number of carbonyl (C=O) groups is 1. The highest BCUT2D eigenvalue weighted by Crippen LogP contribution is 2.31. The highest BCUT2D eigenvalue weighted by Gasteiger charge is 2.23. The molecule has 0 spiro atoms. The van der Waals surface area contributed by atoms with Gasteiger partial charge in [-0.25, -0.2) is 4.98 Å². The number of carbonyl (C=O) groups excluding carboxylic acids is 1. The van der Waals surface area contributed by atoms with Crippen LogP contribution in [0.15, 0.2) is 65.1 Å². The van der Waals surface area contributed by atoms with Gasteiger partial charge in [-0.15, -0.1) is 0 Å². The Kier molecular flexibility index (Phi) is 4.97. The maximum Gasteiger partial charge on any atom is 0.227 e. The highest BCUT2D eigenvalue weighted by molar-refractivity contribution is 9.10. The lowest BCUT2D eigenvalue weighted by molar-refractivity contribution is -0.130. The Balaban J connectivity index is 1.23. The summed E-state index contributed by atoms with van der Waals surface area (Å²) >= 11 is 5.24. The first-order chi connectivity index (χ1) is 14.2. The number of anilines is 1. The van der Waals surface area contributed by atoms with Crippen LogP contribution < -0.4 is 4.90 Å². The minimum Gasteiger partial charge on any atom is -0.345 e. The molecule has 1 fully saturated rings. The first kappa shape index (κ1) is 18.6. The Morgan fingerprint density at radius 2 is 1.76 bits per heavy atom. The quantitative estimate of drug-likeness (QED) is 0.422. The van der Waals surface area contributed by atoms with E-state index in [9.17, 15) is 4.79 Å². The van der Waals surface area contributed by atoms with Crippen molar-refractivity contribution in [2.24, 2.45) is 0 Å². The van der Waals surface area contributed by atoms with E-state index in [1.54, 1.807) is 11.3 Å². The molecule has 1 saturated heterocycles. The molecule has 29 heavy (non-hydrogen) atoms. The molecule has 2 heterocycles. The molecular weight excluding hydrogens is 446 g/mol. The van der Waals surface area contributed by atoms with E-state index in [0.29, 0.717) is 6.42 Å². The SMILES string of the molecule is O=C(Cc1ccc2ccccc2c1)N1CCN(c2nc3ccc(Br)cc3s2)CC1. The van der Waals surface area contributed by atoms with Gasteiger partial charge in [-0.1, -0.05) is 69.7 Å². The number of aromatic nitrogens is 1. The number of fused-ring (bicyclic) bond motifs is 2. The fourth-order valence-corrected chi connectivity index (χ4v) is 5.37. The number of halogens is 1. The van der Waals surface area contributed by atoms with E-state index in [-0.39, 0.29) is 5.91 Å². The summed E-state index contributed by atoms with van der Waals surface area (Å²) in [4.78, 5) is 21.9. The lowest BCUT2D eigenvalue weighted by atomic mass is 10.0. The Morgan fingerprint density at radius 3 is 2.59 bits per heavy atom. The molecule has 5 rings (SSSR count). The van der Waals surface area contributed by atoms with Crippen LogP contribution in [-0.2, 0) is 11.2 Å². The second-order valence-electron chi connectivity index (χ2n) is 7.33. The summed E-state index contributed by atoms with van der Waals surface area (Å²) in [5.74, 6) is 0.202. The van der Waals surface area contributed by atoms with Crippen LogP contribution in [0.25, 0.3) is 21.0 Å². The van der Waals surface area contributed by atoms with Gasteiger partial charge >= 0.3 is 0 Å². The molecule has 4 aromatic rings. The Labute approximate surface area is 181 Å². The zero-order valence-electron chi connectivity index (χ0n) is 15.8. The van der Waals surface area contributed by atoms with Gasteiger partial charge in [0.15, 0.2) is 5.13 Å². The monoisotopic (exact) mass is 465 g/mol. The zero-order chi connectivity index (χ0) is 19.8. The number of benzene rings is 3.